The molecule has 0 saturated heterocycles. The second-order valence-electron chi connectivity index (χ2n) is 3.39. The lowest BCUT2D eigenvalue weighted by molar-refractivity contribution is 0.930. The van der Waals surface area contributed by atoms with Crippen LogP contribution in [0.1, 0.15) is 18.9 Å². The lowest BCUT2D eigenvalue weighted by Crippen LogP contribution is -1.84. The minimum Gasteiger partial charge on any atom is -0.344 e. The van der Waals surface area contributed by atoms with Gasteiger partial charge < -0.3 is 6.15 Å². The topological polar surface area (TPSA) is 35.0 Å². The second kappa shape index (κ2) is 6.44. The lowest BCUT2D eigenvalue weighted by Gasteiger charge is -2.03. The summed E-state index contributed by atoms with van der Waals surface area (Å²) in [5, 5.41) is 2.76. The van der Waals surface area contributed by atoms with Gasteiger partial charge in [0, 0.05) is 0 Å². The van der Waals surface area contributed by atoms with Crippen molar-refractivity contribution in [3.05, 3.63) is 48.0 Å². The highest BCUT2D eigenvalue weighted by atomic mass is 35.5. The molecule has 0 aromatic heterocycles. The van der Waals surface area contributed by atoms with Crippen LogP contribution in [0.2, 0.25) is 0 Å². The Hall–Kier alpha value is -1.05. The molecule has 3 N–H and O–H groups in total. The molecule has 2 aromatic carbocycles. The Morgan fingerprint density at radius 2 is 1.60 bits per heavy atom. The van der Waals surface area contributed by atoms with Crippen molar-refractivity contribution >= 4 is 23.2 Å². The van der Waals surface area contributed by atoms with Crippen molar-refractivity contribution in [3.8, 4) is 0 Å². The summed E-state index contributed by atoms with van der Waals surface area (Å²) in [6.07, 6.45) is 2.40. The van der Waals surface area contributed by atoms with E-state index in [0.717, 1.165) is 0 Å². The second-order valence-corrected chi connectivity index (χ2v) is 3.39. The number of hydrogen-bond acceptors (Lipinski definition) is 1. The van der Waals surface area contributed by atoms with E-state index in [2.05, 4.69) is 49.4 Å². The Balaban J connectivity index is 0.000000980. The van der Waals surface area contributed by atoms with Crippen molar-refractivity contribution in [2.24, 2.45) is 0 Å². The van der Waals surface area contributed by atoms with E-state index < -0.39 is 0 Å². The van der Waals surface area contributed by atoms with Gasteiger partial charge >= 0.3 is 0 Å². The molecule has 0 aliphatic rings. The summed E-state index contributed by atoms with van der Waals surface area (Å²) < 4.78 is 0. The molecule has 2 aromatic rings. The van der Waals surface area contributed by atoms with Crippen LogP contribution in [0, 0.1) is 0 Å². The molecule has 0 bridgehead atoms. The first-order valence-electron chi connectivity index (χ1n) is 4.88. The predicted molar refractivity (Wildman–Crippen MR) is 70.2 cm³/mol. The van der Waals surface area contributed by atoms with Crippen molar-refractivity contribution < 1.29 is 0 Å². The average Bonchev–Trinajstić information content (AvgIpc) is 2.19. The molecule has 0 aliphatic heterocycles. The highest BCUT2D eigenvalue weighted by molar-refractivity contribution is 5.85. The summed E-state index contributed by atoms with van der Waals surface area (Å²) in [6.45, 7) is 2.22. The van der Waals surface area contributed by atoms with E-state index in [9.17, 15) is 0 Å². The molecule has 15 heavy (non-hydrogen) atoms. The zero-order valence-electron chi connectivity index (χ0n) is 9.07. The van der Waals surface area contributed by atoms with E-state index in [4.69, 9.17) is 0 Å². The van der Waals surface area contributed by atoms with Gasteiger partial charge in [0.05, 0.1) is 0 Å². The molecule has 0 atom stereocenters. The van der Waals surface area contributed by atoms with Crippen molar-refractivity contribution in [3.63, 3.8) is 0 Å². The van der Waals surface area contributed by atoms with Gasteiger partial charge in [-0.1, -0.05) is 55.8 Å². The number of benzene rings is 2. The molecule has 0 radical (unpaired) electrons. The summed E-state index contributed by atoms with van der Waals surface area (Å²) in [6, 6.07) is 15.1. The number of aryl methyl sites for hydroxylation is 1. The minimum absolute atomic E-state index is 0. The average molecular weight is 224 g/mol. The van der Waals surface area contributed by atoms with Crippen molar-refractivity contribution in [2.75, 3.05) is 0 Å². The van der Waals surface area contributed by atoms with E-state index in [1.807, 2.05) is 0 Å². The Morgan fingerprint density at radius 3 is 2.33 bits per heavy atom. The van der Waals surface area contributed by atoms with Crippen LogP contribution in [0.15, 0.2) is 42.5 Å². The standard InChI is InChI=1S/C13H14.ClH.H3N/c1-2-6-11-8-5-9-12-7-3-4-10-13(11)12;;/h3-5,7-10H,2,6H2,1H3;1H;1H3. The third kappa shape index (κ3) is 2.95. The van der Waals surface area contributed by atoms with Crippen LogP contribution in [0.25, 0.3) is 10.8 Å². The zero-order valence-corrected chi connectivity index (χ0v) is 9.89. The van der Waals surface area contributed by atoms with E-state index in [-0.39, 0.29) is 18.6 Å². The van der Waals surface area contributed by atoms with Crippen LogP contribution >= 0.6 is 12.4 Å². The maximum absolute atomic E-state index is 2.23. The van der Waals surface area contributed by atoms with Gasteiger partial charge in [-0.25, -0.2) is 0 Å². The van der Waals surface area contributed by atoms with Crippen molar-refractivity contribution in [2.45, 2.75) is 19.8 Å². The summed E-state index contributed by atoms with van der Waals surface area (Å²) in [5.74, 6) is 0. The van der Waals surface area contributed by atoms with Crippen LogP contribution in [-0.4, -0.2) is 0 Å². The normalized spacial score (nSPS) is 9.13. The van der Waals surface area contributed by atoms with Crippen LogP contribution in [0.4, 0.5) is 0 Å². The lowest BCUT2D eigenvalue weighted by atomic mass is 10.0. The Morgan fingerprint density at radius 1 is 0.933 bits per heavy atom. The van der Waals surface area contributed by atoms with Gasteiger partial charge in [0.15, 0.2) is 0 Å². The van der Waals surface area contributed by atoms with Gasteiger partial charge in [-0.05, 0) is 22.8 Å². The minimum atomic E-state index is 0. The fourth-order valence-corrected chi connectivity index (χ4v) is 1.78. The van der Waals surface area contributed by atoms with E-state index in [0.29, 0.717) is 0 Å². The molecule has 0 spiro atoms. The molecule has 0 heterocycles. The molecule has 2 heteroatoms. The smallest absolute Gasteiger partial charge is 0.0152 e. The molecule has 2 rings (SSSR count). The first-order chi connectivity index (χ1) is 6.42. The number of halogens is 1. The Bertz CT molecular complexity index is 407. The monoisotopic (exact) mass is 223 g/mol. The fourth-order valence-electron chi connectivity index (χ4n) is 1.78. The van der Waals surface area contributed by atoms with Crippen LogP contribution in [-0.2, 0) is 6.42 Å². The molecule has 0 unspecified atom stereocenters. The van der Waals surface area contributed by atoms with Gasteiger partial charge in [0.1, 0.15) is 0 Å². The highest BCUT2D eigenvalue weighted by Crippen LogP contribution is 2.19. The van der Waals surface area contributed by atoms with Gasteiger partial charge in [-0.15, -0.1) is 12.4 Å². The highest BCUT2D eigenvalue weighted by Gasteiger charge is 1.97. The van der Waals surface area contributed by atoms with Crippen molar-refractivity contribution in [1.82, 2.24) is 6.15 Å². The maximum atomic E-state index is 2.23. The third-order valence-electron chi connectivity index (χ3n) is 2.40. The van der Waals surface area contributed by atoms with Crippen LogP contribution in [0.5, 0.6) is 0 Å². The van der Waals surface area contributed by atoms with Gasteiger partial charge in [0.2, 0.25) is 0 Å². The predicted octanol–water partition coefficient (Wildman–Crippen LogP) is 4.38. The molecule has 0 amide bonds. The van der Waals surface area contributed by atoms with Gasteiger partial charge in [0.25, 0.3) is 0 Å². The van der Waals surface area contributed by atoms with E-state index >= 15 is 0 Å². The maximum Gasteiger partial charge on any atom is -0.0152 e. The fraction of sp³-hybridized carbons (Fsp3) is 0.231. The molecule has 0 fully saturated rings. The van der Waals surface area contributed by atoms with E-state index in [1.165, 1.54) is 29.2 Å². The Labute approximate surface area is 97.5 Å². The zero-order chi connectivity index (χ0) is 9.10. The molecule has 0 saturated carbocycles. The molecule has 1 nitrogen and oxygen atoms in total. The van der Waals surface area contributed by atoms with Gasteiger partial charge in [-0.2, -0.15) is 0 Å². The summed E-state index contributed by atoms with van der Waals surface area (Å²) in [5.41, 5.74) is 1.47. The summed E-state index contributed by atoms with van der Waals surface area (Å²) >= 11 is 0. The first-order valence-corrected chi connectivity index (χ1v) is 4.88. The number of fused-ring (bicyclic) bond motifs is 1. The third-order valence-corrected chi connectivity index (χ3v) is 2.40. The molecule has 82 valence electrons. The number of rotatable bonds is 2. The first kappa shape index (κ1) is 13.9. The number of hydrogen-bond donors (Lipinski definition) is 1. The Kier molecular flexibility index (Phi) is 5.99. The summed E-state index contributed by atoms with van der Waals surface area (Å²) in [7, 11) is 0. The quantitative estimate of drug-likeness (QED) is 0.806. The van der Waals surface area contributed by atoms with Gasteiger partial charge in [-0.3, -0.25) is 0 Å². The SMILES string of the molecule is CCCc1cccc2ccccc12.Cl.N. The largest absolute Gasteiger partial charge is 0.344 e. The summed E-state index contributed by atoms with van der Waals surface area (Å²) in [4.78, 5) is 0. The van der Waals surface area contributed by atoms with Crippen LogP contribution in [0.3, 0.4) is 0 Å². The van der Waals surface area contributed by atoms with E-state index in [1.54, 1.807) is 0 Å². The molecule has 0 aliphatic carbocycles. The molecular formula is C13H18ClN. The van der Waals surface area contributed by atoms with Crippen molar-refractivity contribution in [1.29, 1.82) is 0 Å². The molecular weight excluding hydrogens is 206 g/mol. The van der Waals surface area contributed by atoms with Crippen LogP contribution < -0.4 is 6.15 Å².